The second-order valence-corrected chi connectivity index (χ2v) is 7.61. The van der Waals surface area contributed by atoms with E-state index in [2.05, 4.69) is 9.97 Å². The van der Waals surface area contributed by atoms with E-state index in [0.29, 0.717) is 16.6 Å². The third-order valence-electron chi connectivity index (χ3n) is 5.57. The number of amides is 1. The summed E-state index contributed by atoms with van der Waals surface area (Å²) in [5, 5.41) is 22.2. The zero-order valence-electron chi connectivity index (χ0n) is 17.3. The van der Waals surface area contributed by atoms with Crippen LogP contribution in [0.3, 0.4) is 0 Å². The molecule has 168 valence electrons. The fourth-order valence-electron chi connectivity index (χ4n) is 3.99. The van der Waals surface area contributed by atoms with Gasteiger partial charge in [-0.15, -0.1) is 0 Å². The molecule has 0 radical (unpaired) electrons. The van der Waals surface area contributed by atoms with E-state index in [0.717, 1.165) is 11.0 Å². The Kier molecular flexibility index (Phi) is 4.90. The number of aliphatic hydroxyl groups is 1. The number of imidazole rings is 1. The van der Waals surface area contributed by atoms with Crippen molar-refractivity contribution in [2.24, 2.45) is 0 Å². The lowest BCUT2D eigenvalue weighted by Gasteiger charge is -2.23. The molecule has 4 aromatic rings. The van der Waals surface area contributed by atoms with Crippen LogP contribution < -0.4 is 4.90 Å². The van der Waals surface area contributed by atoms with Gasteiger partial charge in [-0.3, -0.25) is 24.6 Å². The normalized spacial score (nSPS) is 17.4. The van der Waals surface area contributed by atoms with Crippen molar-refractivity contribution in [3.05, 3.63) is 105 Å². The van der Waals surface area contributed by atoms with Crippen LogP contribution in [0.15, 0.2) is 78.4 Å². The van der Waals surface area contributed by atoms with Crippen LogP contribution >= 0.6 is 0 Å². The van der Waals surface area contributed by atoms with Gasteiger partial charge in [0.15, 0.2) is 0 Å². The summed E-state index contributed by atoms with van der Waals surface area (Å²) in [6.07, 6.45) is 0. The number of aromatic nitrogens is 2. The minimum Gasteiger partial charge on any atom is -0.507 e. The number of aliphatic hydroxyl groups excluding tert-OH is 1. The molecule has 1 saturated heterocycles. The summed E-state index contributed by atoms with van der Waals surface area (Å²) < 4.78 is 13.6. The van der Waals surface area contributed by atoms with E-state index < -0.39 is 34.2 Å². The van der Waals surface area contributed by atoms with Gasteiger partial charge in [-0.2, -0.15) is 0 Å². The van der Waals surface area contributed by atoms with Crippen LogP contribution in [0.4, 0.5) is 16.0 Å². The Balaban J connectivity index is 1.73. The van der Waals surface area contributed by atoms with Gasteiger partial charge < -0.3 is 10.1 Å². The maximum absolute atomic E-state index is 13.6. The highest BCUT2D eigenvalue weighted by Crippen LogP contribution is 2.42. The fourth-order valence-corrected chi connectivity index (χ4v) is 3.99. The Morgan fingerprint density at radius 1 is 1.06 bits per heavy atom. The molecule has 9 nitrogen and oxygen atoms in total. The summed E-state index contributed by atoms with van der Waals surface area (Å²) in [5.74, 6) is -3.01. The van der Waals surface area contributed by atoms with E-state index in [-0.39, 0.29) is 22.8 Å². The molecule has 2 heterocycles. The van der Waals surface area contributed by atoms with Crippen molar-refractivity contribution in [1.29, 1.82) is 0 Å². The lowest BCUT2D eigenvalue weighted by atomic mass is 9.95. The monoisotopic (exact) mass is 458 g/mol. The van der Waals surface area contributed by atoms with Crippen LogP contribution in [0.25, 0.3) is 16.8 Å². The molecule has 1 fully saturated rings. The molecule has 1 aliphatic heterocycles. The molecule has 1 atom stereocenters. The predicted molar refractivity (Wildman–Crippen MR) is 120 cm³/mol. The highest BCUT2D eigenvalue weighted by molar-refractivity contribution is 6.51. The molecule has 5 rings (SSSR count). The standard InChI is InChI=1S/C24H15FN4O5/c25-15-10-8-13(9-11-15)20-19(21(30)14-4-3-5-16(12-14)29(33)34)22(31)23(32)28(20)24-26-17-6-1-2-7-18(17)27-24/h1-12,20,30H,(H,26,27)/b21-19+. The van der Waals surface area contributed by atoms with Crippen LogP contribution in [-0.4, -0.2) is 31.7 Å². The van der Waals surface area contributed by atoms with Crippen LogP contribution in [0.2, 0.25) is 0 Å². The van der Waals surface area contributed by atoms with Gasteiger partial charge in [-0.25, -0.2) is 9.37 Å². The van der Waals surface area contributed by atoms with E-state index in [1.54, 1.807) is 24.3 Å². The molecule has 2 N–H and O–H groups in total. The molecule has 1 unspecified atom stereocenters. The minimum absolute atomic E-state index is 0.0103. The summed E-state index contributed by atoms with van der Waals surface area (Å²) >= 11 is 0. The first kappa shape index (κ1) is 21.0. The lowest BCUT2D eigenvalue weighted by molar-refractivity contribution is -0.384. The van der Waals surface area contributed by atoms with Crippen molar-refractivity contribution in [3.63, 3.8) is 0 Å². The first-order valence-electron chi connectivity index (χ1n) is 10.1. The van der Waals surface area contributed by atoms with Crippen molar-refractivity contribution in [1.82, 2.24) is 9.97 Å². The van der Waals surface area contributed by atoms with Crippen molar-refractivity contribution in [3.8, 4) is 0 Å². The summed E-state index contributed by atoms with van der Waals surface area (Å²) in [5.41, 5.74) is 0.912. The second-order valence-electron chi connectivity index (χ2n) is 7.61. The van der Waals surface area contributed by atoms with Crippen LogP contribution in [-0.2, 0) is 9.59 Å². The maximum atomic E-state index is 13.6. The van der Waals surface area contributed by atoms with Gasteiger partial charge >= 0.3 is 5.91 Å². The van der Waals surface area contributed by atoms with Gasteiger partial charge in [0.05, 0.1) is 27.6 Å². The Bertz CT molecular complexity index is 1480. The number of carbonyl (C=O) groups is 2. The first-order chi connectivity index (χ1) is 16.3. The highest BCUT2D eigenvalue weighted by Gasteiger charge is 2.48. The number of non-ortho nitro benzene ring substituents is 1. The summed E-state index contributed by atoms with van der Waals surface area (Å²) in [6.45, 7) is 0. The number of Topliss-reactive ketones (excluding diaryl/α,β-unsaturated/α-hetero) is 1. The smallest absolute Gasteiger partial charge is 0.302 e. The van der Waals surface area contributed by atoms with Crippen molar-refractivity contribution >= 4 is 40.1 Å². The number of H-pyrrole nitrogens is 1. The highest BCUT2D eigenvalue weighted by atomic mass is 19.1. The third kappa shape index (κ3) is 3.37. The Labute approximate surface area is 190 Å². The van der Waals surface area contributed by atoms with E-state index in [1.165, 1.54) is 42.5 Å². The number of nitrogens with zero attached hydrogens (tertiary/aromatic N) is 3. The second kappa shape index (κ2) is 7.93. The zero-order valence-corrected chi connectivity index (χ0v) is 17.3. The molecule has 1 aromatic heterocycles. The van der Waals surface area contributed by atoms with Gasteiger partial charge in [0.2, 0.25) is 5.95 Å². The number of nitro groups is 1. The Morgan fingerprint density at radius 2 is 1.79 bits per heavy atom. The number of hydrogen-bond donors (Lipinski definition) is 2. The number of benzene rings is 3. The number of aromatic amines is 1. The van der Waals surface area contributed by atoms with Gasteiger partial charge in [-0.05, 0) is 29.8 Å². The number of nitro benzene ring substituents is 1. The van der Waals surface area contributed by atoms with Crippen LogP contribution in [0.5, 0.6) is 0 Å². The third-order valence-corrected chi connectivity index (χ3v) is 5.57. The van der Waals surface area contributed by atoms with Crippen molar-refractivity contribution in [2.45, 2.75) is 6.04 Å². The molecule has 3 aromatic carbocycles. The summed E-state index contributed by atoms with van der Waals surface area (Å²) in [6, 6.07) is 16.1. The quantitative estimate of drug-likeness (QED) is 0.155. The molecule has 0 aliphatic carbocycles. The number of rotatable bonds is 4. The first-order valence-corrected chi connectivity index (χ1v) is 10.1. The predicted octanol–water partition coefficient (Wildman–Crippen LogP) is 4.24. The average molecular weight is 458 g/mol. The van der Waals surface area contributed by atoms with Crippen molar-refractivity contribution < 1.29 is 24.0 Å². The molecule has 10 heteroatoms. The molecule has 0 spiro atoms. The Hall–Kier alpha value is -4.86. The lowest BCUT2D eigenvalue weighted by Crippen LogP contribution is -2.30. The molecule has 1 aliphatic rings. The van der Waals surface area contributed by atoms with Crippen LogP contribution in [0, 0.1) is 15.9 Å². The molecule has 0 saturated carbocycles. The molecule has 0 bridgehead atoms. The van der Waals surface area contributed by atoms with Gasteiger partial charge in [0, 0.05) is 17.7 Å². The zero-order chi connectivity index (χ0) is 24.0. The fraction of sp³-hybridized carbons (Fsp3) is 0.0417. The number of nitrogens with one attached hydrogen (secondary N) is 1. The van der Waals surface area contributed by atoms with Gasteiger partial charge in [0.25, 0.3) is 11.5 Å². The number of fused-ring (bicyclic) bond motifs is 1. The molecular weight excluding hydrogens is 443 g/mol. The SMILES string of the molecule is O=C1C(=O)N(c2nc3ccccc3[nH]2)C(c2ccc(F)cc2)/C1=C(\O)c1cccc([N+](=O)[O-])c1. The molecule has 1 amide bonds. The average Bonchev–Trinajstić information content (AvgIpc) is 3.38. The van der Waals surface area contributed by atoms with Gasteiger partial charge in [-0.1, -0.05) is 36.4 Å². The van der Waals surface area contributed by atoms with Crippen molar-refractivity contribution in [2.75, 3.05) is 4.90 Å². The number of hydrogen-bond acceptors (Lipinski definition) is 6. The number of carbonyl (C=O) groups excluding carboxylic acids is 2. The Morgan fingerprint density at radius 3 is 2.50 bits per heavy atom. The largest absolute Gasteiger partial charge is 0.507 e. The van der Waals surface area contributed by atoms with E-state index in [9.17, 15) is 29.2 Å². The van der Waals surface area contributed by atoms with E-state index in [1.807, 2.05) is 0 Å². The number of para-hydroxylation sites is 2. The minimum atomic E-state index is -1.15. The summed E-state index contributed by atoms with van der Waals surface area (Å²) in [7, 11) is 0. The topological polar surface area (TPSA) is 129 Å². The summed E-state index contributed by atoms with van der Waals surface area (Å²) in [4.78, 5) is 45.3. The van der Waals surface area contributed by atoms with Crippen LogP contribution in [0.1, 0.15) is 17.2 Å². The van der Waals surface area contributed by atoms with E-state index >= 15 is 0 Å². The van der Waals surface area contributed by atoms with Gasteiger partial charge in [0.1, 0.15) is 11.6 Å². The maximum Gasteiger partial charge on any atom is 0.302 e. The van der Waals surface area contributed by atoms with E-state index in [4.69, 9.17) is 0 Å². The number of ketones is 1. The molecule has 34 heavy (non-hydrogen) atoms. The number of halogens is 1. The number of anilines is 1. The molecular formula is C24H15FN4O5.